The minimum Gasteiger partial charge on any atom is -0.456 e. The molecule has 0 fully saturated rings. The Morgan fingerprint density at radius 1 is 0.263 bits per heavy atom. The van der Waals surface area contributed by atoms with Gasteiger partial charge in [-0.25, -0.2) is 15.0 Å². The maximum Gasteiger partial charge on any atom is 0.167 e. The molecule has 8 aromatic carbocycles. The lowest BCUT2D eigenvalue weighted by Gasteiger charge is -2.08. The minimum atomic E-state index is 0.544. The Morgan fingerprint density at radius 3 is 1.30 bits per heavy atom. The summed E-state index contributed by atoms with van der Waals surface area (Å²) < 4.78 is 20.0. The molecule has 57 heavy (non-hydrogen) atoms. The molecular weight excluding hydrogens is 703 g/mol. The van der Waals surface area contributed by atoms with Gasteiger partial charge < -0.3 is 13.3 Å². The Bertz CT molecular complexity index is 3470. The van der Waals surface area contributed by atoms with Gasteiger partial charge in [0, 0.05) is 60.1 Å². The third-order valence-corrected chi connectivity index (χ3v) is 11.0. The molecule has 266 valence electrons. The van der Waals surface area contributed by atoms with Gasteiger partial charge in [0.2, 0.25) is 0 Å². The summed E-state index contributed by atoms with van der Waals surface area (Å²) >= 11 is 0. The molecule has 4 aromatic heterocycles. The van der Waals surface area contributed by atoms with Crippen LogP contribution in [0.3, 0.4) is 0 Å². The standard InChI is InChI=1S/C51H29N3O3/c1-3-13-30(14-4-1)49-52-50(31-15-5-2-6-16-31)54-51(53-49)41-25-12-24-40-39-23-11-22-38(47(39)57-48(40)41)37-21-10-20-36-35-19-9-18-33(45(35)56-46(36)37)32-27-28-44-42(29-32)34-17-7-8-26-43(34)55-44/h1-29H. The van der Waals surface area contributed by atoms with Gasteiger partial charge in [-0.1, -0.05) is 152 Å². The van der Waals surface area contributed by atoms with Gasteiger partial charge in [-0.15, -0.1) is 0 Å². The highest BCUT2D eigenvalue weighted by molar-refractivity contribution is 6.18. The number of furan rings is 3. The molecule has 0 aliphatic rings. The van der Waals surface area contributed by atoms with Crippen LogP contribution in [-0.4, -0.2) is 15.0 Å². The van der Waals surface area contributed by atoms with Crippen molar-refractivity contribution in [2.24, 2.45) is 0 Å². The smallest absolute Gasteiger partial charge is 0.167 e. The lowest BCUT2D eigenvalue weighted by atomic mass is 9.98. The fraction of sp³-hybridized carbons (Fsp3) is 0. The van der Waals surface area contributed by atoms with Gasteiger partial charge in [-0.05, 0) is 29.8 Å². The van der Waals surface area contributed by atoms with E-state index in [0.29, 0.717) is 23.1 Å². The van der Waals surface area contributed by atoms with Crippen LogP contribution in [-0.2, 0) is 0 Å². The molecule has 0 aliphatic heterocycles. The Labute approximate surface area is 325 Å². The number of benzene rings is 8. The molecule has 4 heterocycles. The van der Waals surface area contributed by atoms with Crippen molar-refractivity contribution in [3.8, 4) is 56.4 Å². The molecular formula is C51H29N3O3. The van der Waals surface area contributed by atoms with Gasteiger partial charge in [-0.2, -0.15) is 0 Å². The fourth-order valence-corrected chi connectivity index (χ4v) is 8.29. The van der Waals surface area contributed by atoms with Crippen LogP contribution in [0.4, 0.5) is 0 Å². The van der Waals surface area contributed by atoms with E-state index in [1.54, 1.807) is 0 Å². The molecule has 6 heteroatoms. The number of nitrogens with zero attached hydrogens (tertiary/aromatic N) is 3. The number of aromatic nitrogens is 3. The molecule has 12 aromatic rings. The van der Waals surface area contributed by atoms with Gasteiger partial charge in [0.05, 0.1) is 5.56 Å². The molecule has 0 amide bonds. The molecule has 0 unspecified atom stereocenters. The quantitative estimate of drug-likeness (QED) is 0.175. The number of fused-ring (bicyclic) bond motifs is 9. The summed E-state index contributed by atoms with van der Waals surface area (Å²) in [5, 5.41) is 6.25. The molecule has 12 rings (SSSR count). The lowest BCUT2D eigenvalue weighted by molar-refractivity contribution is 0.665. The highest BCUT2D eigenvalue weighted by Gasteiger charge is 2.22. The van der Waals surface area contributed by atoms with Gasteiger partial charge >= 0.3 is 0 Å². The molecule has 0 atom stereocenters. The first-order valence-electron chi connectivity index (χ1n) is 18.9. The first-order valence-corrected chi connectivity index (χ1v) is 18.9. The van der Waals surface area contributed by atoms with Crippen LogP contribution in [0.15, 0.2) is 189 Å². The normalized spacial score (nSPS) is 11.9. The van der Waals surface area contributed by atoms with Crippen LogP contribution in [0.25, 0.3) is 122 Å². The fourth-order valence-electron chi connectivity index (χ4n) is 8.29. The highest BCUT2D eigenvalue weighted by Crippen LogP contribution is 2.45. The van der Waals surface area contributed by atoms with Crippen LogP contribution in [0.2, 0.25) is 0 Å². The minimum absolute atomic E-state index is 0.544. The van der Waals surface area contributed by atoms with Gasteiger partial charge in [0.15, 0.2) is 17.5 Å². The molecule has 0 saturated carbocycles. The van der Waals surface area contributed by atoms with E-state index >= 15 is 0 Å². The van der Waals surface area contributed by atoms with E-state index in [2.05, 4.69) is 84.9 Å². The first-order chi connectivity index (χ1) is 28.2. The second-order valence-corrected chi connectivity index (χ2v) is 14.3. The van der Waals surface area contributed by atoms with E-state index in [1.165, 1.54) is 0 Å². The van der Waals surface area contributed by atoms with Crippen molar-refractivity contribution < 1.29 is 13.3 Å². The summed E-state index contributed by atoms with van der Waals surface area (Å²) in [7, 11) is 0. The van der Waals surface area contributed by atoms with Crippen LogP contribution in [0.1, 0.15) is 0 Å². The average molecular weight is 732 g/mol. The zero-order chi connectivity index (χ0) is 37.5. The van der Waals surface area contributed by atoms with Gasteiger partial charge in [-0.3, -0.25) is 0 Å². The van der Waals surface area contributed by atoms with Crippen LogP contribution < -0.4 is 0 Å². The zero-order valence-electron chi connectivity index (χ0n) is 30.3. The summed E-state index contributed by atoms with van der Waals surface area (Å²) in [6, 6.07) is 59.7. The summed E-state index contributed by atoms with van der Waals surface area (Å²) in [4.78, 5) is 15.0. The van der Waals surface area contributed by atoms with Crippen LogP contribution in [0.5, 0.6) is 0 Å². The van der Waals surface area contributed by atoms with E-state index in [4.69, 9.17) is 28.2 Å². The molecule has 0 spiro atoms. The molecule has 0 saturated heterocycles. The largest absolute Gasteiger partial charge is 0.456 e. The summed E-state index contributed by atoms with van der Waals surface area (Å²) in [5.41, 5.74) is 11.5. The Hall–Kier alpha value is -7.83. The van der Waals surface area contributed by atoms with Gasteiger partial charge in [0.25, 0.3) is 0 Å². The number of para-hydroxylation sites is 5. The number of hydrogen-bond donors (Lipinski definition) is 0. The molecule has 0 radical (unpaired) electrons. The van der Waals surface area contributed by atoms with Gasteiger partial charge in [0.1, 0.15) is 33.5 Å². The molecule has 0 bridgehead atoms. The maximum atomic E-state index is 6.95. The van der Waals surface area contributed by atoms with Crippen LogP contribution >= 0.6 is 0 Å². The van der Waals surface area contributed by atoms with Crippen molar-refractivity contribution in [1.29, 1.82) is 0 Å². The predicted octanol–water partition coefficient (Wildman–Crippen LogP) is 13.9. The number of hydrogen-bond acceptors (Lipinski definition) is 6. The average Bonchev–Trinajstić information content (AvgIpc) is 3.98. The first kappa shape index (κ1) is 31.5. The number of rotatable bonds is 5. The third kappa shape index (κ3) is 4.94. The van der Waals surface area contributed by atoms with Crippen molar-refractivity contribution in [1.82, 2.24) is 15.0 Å². The summed E-state index contributed by atoms with van der Waals surface area (Å²) in [5.74, 6) is 1.74. The highest BCUT2D eigenvalue weighted by atomic mass is 16.3. The summed E-state index contributed by atoms with van der Waals surface area (Å²) in [6.45, 7) is 0. The van der Waals surface area contributed by atoms with Crippen molar-refractivity contribution in [2.75, 3.05) is 0 Å². The SMILES string of the molecule is c1ccc(-c2nc(-c3ccccc3)nc(-c3cccc4c3oc3c(-c5cccc6c5oc5c(-c7ccc8oc9ccccc9c8c7)cccc56)cccc34)n2)cc1. The summed E-state index contributed by atoms with van der Waals surface area (Å²) in [6.07, 6.45) is 0. The van der Waals surface area contributed by atoms with Crippen molar-refractivity contribution in [3.05, 3.63) is 176 Å². The lowest BCUT2D eigenvalue weighted by Crippen LogP contribution is -2.00. The second-order valence-electron chi connectivity index (χ2n) is 14.3. The zero-order valence-corrected chi connectivity index (χ0v) is 30.3. The van der Waals surface area contributed by atoms with Crippen LogP contribution in [0, 0.1) is 0 Å². The Kier molecular flexibility index (Phi) is 6.83. The van der Waals surface area contributed by atoms with E-state index < -0.39 is 0 Å². The van der Waals surface area contributed by atoms with Crippen molar-refractivity contribution in [3.63, 3.8) is 0 Å². The third-order valence-electron chi connectivity index (χ3n) is 11.0. The van der Waals surface area contributed by atoms with E-state index in [9.17, 15) is 0 Å². The topological polar surface area (TPSA) is 78.1 Å². The Balaban J connectivity index is 1.04. The van der Waals surface area contributed by atoms with E-state index in [0.717, 1.165) is 99.2 Å². The predicted molar refractivity (Wildman–Crippen MR) is 229 cm³/mol. The van der Waals surface area contributed by atoms with Crippen molar-refractivity contribution >= 4 is 65.8 Å². The molecule has 0 N–H and O–H groups in total. The monoisotopic (exact) mass is 731 g/mol. The second kappa shape index (κ2) is 12.3. The molecule has 6 nitrogen and oxygen atoms in total. The van der Waals surface area contributed by atoms with Crippen molar-refractivity contribution in [2.45, 2.75) is 0 Å². The maximum absolute atomic E-state index is 6.95. The van der Waals surface area contributed by atoms with E-state index in [1.807, 2.05) is 91.0 Å². The Morgan fingerprint density at radius 2 is 0.702 bits per heavy atom. The van der Waals surface area contributed by atoms with E-state index in [-0.39, 0.29) is 0 Å². The molecule has 0 aliphatic carbocycles.